The predicted molar refractivity (Wildman–Crippen MR) is 102 cm³/mol. The van der Waals surface area contributed by atoms with Crippen molar-refractivity contribution in [1.82, 2.24) is 20.0 Å². The third-order valence-corrected chi connectivity index (χ3v) is 6.22. The van der Waals surface area contributed by atoms with E-state index in [4.69, 9.17) is 0 Å². The summed E-state index contributed by atoms with van der Waals surface area (Å²) >= 11 is 0. The standard InChI is InChI=1S/C21H28N4O/c1-24(2)21(13-16-7-3-4-8-17(16)14-21)15-22-20(26)19-11-12-25(23-19)18-9-5-6-10-18/h3-4,7-8,11-12,18H,5-6,9-10,13-15H2,1-2H3,(H,22,26). The van der Waals surface area contributed by atoms with Gasteiger partial charge in [-0.2, -0.15) is 5.10 Å². The van der Waals surface area contributed by atoms with Crippen LogP contribution in [0.5, 0.6) is 0 Å². The van der Waals surface area contributed by atoms with Crippen LogP contribution in [0, 0.1) is 0 Å². The Labute approximate surface area is 155 Å². The van der Waals surface area contributed by atoms with Gasteiger partial charge in [0.1, 0.15) is 5.69 Å². The first-order chi connectivity index (χ1) is 12.6. The molecule has 0 atom stereocenters. The van der Waals surface area contributed by atoms with E-state index in [1.165, 1.54) is 36.8 Å². The van der Waals surface area contributed by atoms with E-state index in [9.17, 15) is 4.79 Å². The molecule has 1 aromatic carbocycles. The Morgan fingerprint density at radius 1 is 1.19 bits per heavy atom. The molecule has 4 rings (SSSR count). The molecule has 1 saturated carbocycles. The van der Waals surface area contributed by atoms with Crippen molar-refractivity contribution >= 4 is 5.91 Å². The van der Waals surface area contributed by atoms with E-state index in [0.717, 1.165) is 12.8 Å². The van der Waals surface area contributed by atoms with Crippen LogP contribution in [0.4, 0.5) is 0 Å². The predicted octanol–water partition coefficient (Wildman–Crippen LogP) is 2.83. The summed E-state index contributed by atoms with van der Waals surface area (Å²) in [5.74, 6) is -0.0704. The average molecular weight is 352 g/mol. The van der Waals surface area contributed by atoms with Crippen LogP contribution in [0.2, 0.25) is 0 Å². The number of carbonyl (C=O) groups is 1. The van der Waals surface area contributed by atoms with Crippen LogP contribution in [0.1, 0.15) is 53.3 Å². The summed E-state index contributed by atoms with van der Waals surface area (Å²) in [5, 5.41) is 7.68. The average Bonchev–Trinajstić information content (AvgIpc) is 3.38. The third kappa shape index (κ3) is 3.16. The van der Waals surface area contributed by atoms with Gasteiger partial charge in [0.25, 0.3) is 5.91 Å². The topological polar surface area (TPSA) is 50.2 Å². The van der Waals surface area contributed by atoms with Gasteiger partial charge < -0.3 is 10.2 Å². The van der Waals surface area contributed by atoms with E-state index >= 15 is 0 Å². The van der Waals surface area contributed by atoms with E-state index < -0.39 is 0 Å². The number of fused-ring (bicyclic) bond motifs is 1. The maximum absolute atomic E-state index is 12.7. The van der Waals surface area contributed by atoms with E-state index in [2.05, 4.69) is 53.7 Å². The van der Waals surface area contributed by atoms with Gasteiger partial charge in [0.15, 0.2) is 0 Å². The van der Waals surface area contributed by atoms with Crippen molar-refractivity contribution in [2.75, 3.05) is 20.6 Å². The summed E-state index contributed by atoms with van der Waals surface area (Å²) in [6, 6.07) is 10.9. The summed E-state index contributed by atoms with van der Waals surface area (Å²) < 4.78 is 1.98. The lowest BCUT2D eigenvalue weighted by atomic mass is 9.94. The van der Waals surface area contributed by atoms with Gasteiger partial charge in [0.05, 0.1) is 6.04 Å². The van der Waals surface area contributed by atoms with Gasteiger partial charge >= 0.3 is 0 Å². The first-order valence-corrected chi connectivity index (χ1v) is 9.65. The SMILES string of the molecule is CN(C)C1(CNC(=O)c2ccn(C3CCCC3)n2)Cc2ccccc2C1. The maximum atomic E-state index is 12.7. The molecular formula is C21H28N4O. The monoisotopic (exact) mass is 352 g/mol. The number of hydrogen-bond acceptors (Lipinski definition) is 3. The van der Waals surface area contributed by atoms with Gasteiger partial charge in [-0.05, 0) is 57.0 Å². The number of hydrogen-bond donors (Lipinski definition) is 1. The Morgan fingerprint density at radius 2 is 1.85 bits per heavy atom. The second-order valence-corrected chi connectivity index (χ2v) is 8.04. The molecule has 0 saturated heterocycles. The number of nitrogens with one attached hydrogen (secondary N) is 1. The highest BCUT2D eigenvalue weighted by Crippen LogP contribution is 2.33. The molecule has 138 valence electrons. The Morgan fingerprint density at radius 3 is 2.46 bits per heavy atom. The lowest BCUT2D eigenvalue weighted by Gasteiger charge is -2.36. The molecule has 5 nitrogen and oxygen atoms in total. The summed E-state index contributed by atoms with van der Waals surface area (Å²) in [4.78, 5) is 14.9. The molecule has 0 aliphatic heterocycles. The van der Waals surface area contributed by atoms with Crippen molar-refractivity contribution in [3.63, 3.8) is 0 Å². The minimum atomic E-state index is -0.0704. The minimum Gasteiger partial charge on any atom is -0.349 e. The lowest BCUT2D eigenvalue weighted by molar-refractivity contribution is 0.0897. The van der Waals surface area contributed by atoms with Crippen molar-refractivity contribution < 1.29 is 4.79 Å². The lowest BCUT2D eigenvalue weighted by Crippen LogP contribution is -2.53. The number of likely N-dealkylation sites (N-methyl/N-ethyl adjacent to an activating group) is 1. The van der Waals surface area contributed by atoms with E-state index in [1.54, 1.807) is 0 Å². The molecule has 1 N–H and O–H groups in total. The Bertz CT molecular complexity index is 764. The number of benzene rings is 1. The smallest absolute Gasteiger partial charge is 0.271 e. The second-order valence-electron chi connectivity index (χ2n) is 8.04. The van der Waals surface area contributed by atoms with Gasteiger partial charge in [0, 0.05) is 18.3 Å². The molecule has 0 spiro atoms. The molecule has 0 radical (unpaired) electrons. The molecule has 26 heavy (non-hydrogen) atoms. The van der Waals surface area contributed by atoms with Gasteiger partial charge in [-0.15, -0.1) is 0 Å². The molecule has 0 bridgehead atoms. The Kier molecular flexibility index (Phi) is 4.57. The highest BCUT2D eigenvalue weighted by molar-refractivity contribution is 5.92. The molecule has 0 unspecified atom stereocenters. The zero-order valence-electron chi connectivity index (χ0n) is 15.7. The summed E-state index contributed by atoms with van der Waals surface area (Å²) in [6.07, 6.45) is 8.75. The molecule has 1 amide bonds. The number of aromatic nitrogens is 2. The second kappa shape index (κ2) is 6.88. The van der Waals surface area contributed by atoms with Crippen LogP contribution in [0.3, 0.4) is 0 Å². The van der Waals surface area contributed by atoms with Crippen molar-refractivity contribution in [3.8, 4) is 0 Å². The zero-order chi connectivity index (χ0) is 18.1. The molecule has 5 heteroatoms. The first-order valence-electron chi connectivity index (χ1n) is 9.65. The van der Waals surface area contributed by atoms with Crippen LogP contribution >= 0.6 is 0 Å². The molecule has 1 fully saturated rings. The molecule has 2 aliphatic carbocycles. The van der Waals surface area contributed by atoms with Gasteiger partial charge in [0.2, 0.25) is 0 Å². The van der Waals surface area contributed by atoms with Crippen LogP contribution in [0.25, 0.3) is 0 Å². The number of carbonyl (C=O) groups excluding carboxylic acids is 1. The van der Waals surface area contributed by atoms with Crippen LogP contribution in [0.15, 0.2) is 36.5 Å². The fraction of sp³-hybridized carbons (Fsp3) is 0.524. The molecule has 2 aliphatic rings. The minimum absolute atomic E-state index is 0.0621. The van der Waals surface area contributed by atoms with E-state index in [1.807, 2.05) is 16.9 Å². The normalized spacial score (nSPS) is 19.0. The van der Waals surface area contributed by atoms with E-state index in [-0.39, 0.29) is 11.4 Å². The van der Waals surface area contributed by atoms with Crippen LogP contribution in [-0.4, -0.2) is 46.8 Å². The summed E-state index contributed by atoms with van der Waals surface area (Å²) in [7, 11) is 4.21. The largest absolute Gasteiger partial charge is 0.349 e. The van der Waals surface area contributed by atoms with Crippen LogP contribution < -0.4 is 5.32 Å². The number of rotatable bonds is 5. The number of nitrogens with zero attached hydrogens (tertiary/aromatic N) is 3. The quantitative estimate of drug-likeness (QED) is 0.900. The molecule has 1 heterocycles. The Balaban J connectivity index is 1.43. The zero-order valence-corrected chi connectivity index (χ0v) is 15.7. The van der Waals surface area contributed by atoms with Gasteiger partial charge in [-0.1, -0.05) is 37.1 Å². The first kappa shape index (κ1) is 17.3. The third-order valence-electron chi connectivity index (χ3n) is 6.22. The summed E-state index contributed by atoms with van der Waals surface area (Å²) in [6.45, 7) is 0.629. The number of amides is 1. The van der Waals surface area contributed by atoms with Crippen molar-refractivity contribution in [2.45, 2.75) is 50.1 Å². The van der Waals surface area contributed by atoms with Gasteiger partial charge in [-0.25, -0.2) is 0 Å². The van der Waals surface area contributed by atoms with Gasteiger partial charge in [-0.3, -0.25) is 9.48 Å². The molecule has 2 aromatic rings. The van der Waals surface area contributed by atoms with E-state index in [0.29, 0.717) is 18.3 Å². The maximum Gasteiger partial charge on any atom is 0.271 e. The molecular weight excluding hydrogens is 324 g/mol. The van der Waals surface area contributed by atoms with Crippen molar-refractivity contribution in [2.24, 2.45) is 0 Å². The molecule has 1 aromatic heterocycles. The summed E-state index contributed by atoms with van der Waals surface area (Å²) in [5.41, 5.74) is 3.25. The van der Waals surface area contributed by atoms with Crippen LogP contribution in [-0.2, 0) is 12.8 Å². The fourth-order valence-electron chi connectivity index (χ4n) is 4.44. The van der Waals surface area contributed by atoms with Crippen molar-refractivity contribution in [3.05, 3.63) is 53.3 Å². The van der Waals surface area contributed by atoms with Crippen molar-refractivity contribution in [1.29, 1.82) is 0 Å². The Hall–Kier alpha value is -2.14. The highest BCUT2D eigenvalue weighted by Gasteiger charge is 2.39. The fourth-order valence-corrected chi connectivity index (χ4v) is 4.44. The highest BCUT2D eigenvalue weighted by atomic mass is 16.2.